The molecule has 17 heavy (non-hydrogen) atoms. The number of rotatable bonds is 2. The molecule has 2 rings (SSSR count). The molecule has 98 valence electrons. The molecule has 2 aliphatic heterocycles. The SMILES string of the molecule is O=C([C@H]1CCCNC1)N1CC(F)(F)C[C@@H]1CO. The number of carbonyl (C=O) groups excluding carboxylic acids is 1. The smallest absolute Gasteiger partial charge is 0.267 e. The second kappa shape index (κ2) is 4.86. The molecule has 0 aromatic carbocycles. The second-order valence-electron chi connectivity index (χ2n) is 4.91. The molecule has 2 saturated heterocycles. The molecule has 0 aromatic rings. The van der Waals surface area contributed by atoms with E-state index in [-0.39, 0.29) is 18.4 Å². The summed E-state index contributed by atoms with van der Waals surface area (Å²) >= 11 is 0. The molecule has 2 atom stereocenters. The van der Waals surface area contributed by atoms with E-state index in [1.807, 2.05) is 0 Å². The molecule has 0 unspecified atom stereocenters. The van der Waals surface area contributed by atoms with Gasteiger partial charge < -0.3 is 15.3 Å². The number of likely N-dealkylation sites (tertiary alicyclic amines) is 1. The molecule has 6 heteroatoms. The number of amides is 1. The molecular formula is C11H18F2N2O2. The summed E-state index contributed by atoms with van der Waals surface area (Å²) < 4.78 is 26.5. The van der Waals surface area contributed by atoms with Crippen LogP contribution in [0.1, 0.15) is 19.3 Å². The van der Waals surface area contributed by atoms with Crippen molar-refractivity contribution < 1.29 is 18.7 Å². The maximum Gasteiger partial charge on any atom is 0.267 e. The Morgan fingerprint density at radius 1 is 1.53 bits per heavy atom. The Morgan fingerprint density at radius 3 is 2.88 bits per heavy atom. The summed E-state index contributed by atoms with van der Waals surface area (Å²) in [6.45, 7) is 0.497. The van der Waals surface area contributed by atoms with Crippen molar-refractivity contribution in [2.45, 2.75) is 31.2 Å². The maximum atomic E-state index is 13.2. The predicted octanol–water partition coefficient (Wildman–Crippen LogP) is 0.214. The van der Waals surface area contributed by atoms with E-state index in [0.29, 0.717) is 6.54 Å². The maximum absolute atomic E-state index is 13.2. The van der Waals surface area contributed by atoms with E-state index in [1.54, 1.807) is 0 Å². The van der Waals surface area contributed by atoms with Crippen molar-refractivity contribution in [1.29, 1.82) is 0 Å². The van der Waals surface area contributed by atoms with Gasteiger partial charge in [-0.05, 0) is 19.4 Å². The van der Waals surface area contributed by atoms with E-state index in [1.165, 1.54) is 0 Å². The zero-order valence-electron chi connectivity index (χ0n) is 9.66. The fourth-order valence-electron chi connectivity index (χ4n) is 2.62. The van der Waals surface area contributed by atoms with Gasteiger partial charge in [-0.25, -0.2) is 8.78 Å². The first-order chi connectivity index (χ1) is 8.03. The Labute approximate surface area is 99.0 Å². The van der Waals surface area contributed by atoms with Crippen LogP contribution in [0.2, 0.25) is 0 Å². The molecule has 2 heterocycles. The Morgan fingerprint density at radius 2 is 2.29 bits per heavy atom. The van der Waals surface area contributed by atoms with Gasteiger partial charge in [-0.3, -0.25) is 4.79 Å². The van der Waals surface area contributed by atoms with Crippen LogP contribution in [-0.4, -0.2) is 54.1 Å². The fourth-order valence-corrected chi connectivity index (χ4v) is 2.62. The van der Waals surface area contributed by atoms with Crippen LogP contribution in [0.15, 0.2) is 0 Å². The Kier molecular flexibility index (Phi) is 3.63. The van der Waals surface area contributed by atoms with Crippen molar-refractivity contribution >= 4 is 5.91 Å². The first-order valence-electron chi connectivity index (χ1n) is 6.03. The van der Waals surface area contributed by atoms with Gasteiger partial charge in [0.05, 0.1) is 25.1 Å². The fraction of sp³-hybridized carbons (Fsp3) is 0.909. The van der Waals surface area contributed by atoms with Crippen molar-refractivity contribution in [3.63, 3.8) is 0 Å². The van der Waals surface area contributed by atoms with Gasteiger partial charge in [0.25, 0.3) is 5.92 Å². The summed E-state index contributed by atoms with van der Waals surface area (Å²) in [6.07, 6.45) is 1.21. The number of aliphatic hydroxyl groups excluding tert-OH is 1. The number of alkyl halides is 2. The van der Waals surface area contributed by atoms with E-state index in [0.717, 1.165) is 24.3 Å². The molecule has 4 nitrogen and oxygen atoms in total. The number of nitrogens with one attached hydrogen (secondary N) is 1. The summed E-state index contributed by atoms with van der Waals surface area (Å²) in [5.41, 5.74) is 0. The lowest BCUT2D eigenvalue weighted by Gasteiger charge is -2.29. The van der Waals surface area contributed by atoms with Crippen LogP contribution in [0, 0.1) is 5.92 Å². The first-order valence-corrected chi connectivity index (χ1v) is 6.03. The van der Waals surface area contributed by atoms with Crippen LogP contribution in [0.3, 0.4) is 0 Å². The van der Waals surface area contributed by atoms with Crippen LogP contribution in [0.25, 0.3) is 0 Å². The van der Waals surface area contributed by atoms with Crippen LogP contribution >= 0.6 is 0 Å². The molecule has 0 saturated carbocycles. The quantitative estimate of drug-likeness (QED) is 0.735. The van der Waals surface area contributed by atoms with Crippen molar-refractivity contribution in [2.24, 2.45) is 5.92 Å². The van der Waals surface area contributed by atoms with E-state index >= 15 is 0 Å². The molecule has 0 radical (unpaired) electrons. The van der Waals surface area contributed by atoms with Gasteiger partial charge in [0.2, 0.25) is 5.91 Å². The molecule has 0 aliphatic carbocycles. The molecule has 1 amide bonds. The predicted molar refractivity (Wildman–Crippen MR) is 57.7 cm³/mol. The van der Waals surface area contributed by atoms with Gasteiger partial charge in [0.15, 0.2) is 0 Å². The van der Waals surface area contributed by atoms with Crippen molar-refractivity contribution in [1.82, 2.24) is 10.2 Å². The van der Waals surface area contributed by atoms with Crippen LogP contribution in [0.4, 0.5) is 8.78 Å². The third-order valence-electron chi connectivity index (χ3n) is 3.52. The van der Waals surface area contributed by atoms with Gasteiger partial charge in [0.1, 0.15) is 0 Å². The van der Waals surface area contributed by atoms with Crippen molar-refractivity contribution in [3.05, 3.63) is 0 Å². The minimum Gasteiger partial charge on any atom is -0.394 e. The molecule has 0 aromatic heterocycles. The van der Waals surface area contributed by atoms with E-state index in [9.17, 15) is 13.6 Å². The molecular weight excluding hydrogens is 230 g/mol. The molecule has 0 spiro atoms. The average Bonchev–Trinajstić information content (AvgIpc) is 2.65. The van der Waals surface area contributed by atoms with Gasteiger partial charge in [0, 0.05) is 13.0 Å². The normalized spacial score (nSPS) is 32.8. The second-order valence-corrected chi connectivity index (χ2v) is 4.91. The highest BCUT2D eigenvalue weighted by molar-refractivity contribution is 5.80. The summed E-state index contributed by atoms with van der Waals surface area (Å²) in [7, 11) is 0. The average molecular weight is 248 g/mol. The number of hydrogen-bond acceptors (Lipinski definition) is 3. The molecule has 0 bridgehead atoms. The standard InChI is InChI=1S/C11H18F2N2O2/c12-11(13)4-9(6-16)15(7-11)10(17)8-2-1-3-14-5-8/h8-9,14,16H,1-7H2/t8-,9+/m0/s1. The minimum absolute atomic E-state index is 0.216. The highest BCUT2D eigenvalue weighted by atomic mass is 19.3. The lowest BCUT2D eigenvalue weighted by molar-refractivity contribution is -0.138. The molecule has 2 N–H and O–H groups in total. The zero-order chi connectivity index (χ0) is 12.5. The van der Waals surface area contributed by atoms with Gasteiger partial charge in [-0.2, -0.15) is 0 Å². The summed E-state index contributed by atoms with van der Waals surface area (Å²) in [4.78, 5) is 13.3. The van der Waals surface area contributed by atoms with Crippen LogP contribution < -0.4 is 5.32 Å². The lowest BCUT2D eigenvalue weighted by Crippen LogP contribution is -2.46. The van der Waals surface area contributed by atoms with Gasteiger partial charge >= 0.3 is 0 Å². The van der Waals surface area contributed by atoms with Crippen molar-refractivity contribution in [2.75, 3.05) is 26.2 Å². The van der Waals surface area contributed by atoms with Crippen molar-refractivity contribution in [3.8, 4) is 0 Å². The molecule has 2 aliphatic rings. The minimum atomic E-state index is -2.86. The highest BCUT2D eigenvalue weighted by Crippen LogP contribution is 2.33. The van der Waals surface area contributed by atoms with Gasteiger partial charge in [-0.1, -0.05) is 0 Å². The Bertz CT molecular complexity index is 293. The zero-order valence-corrected chi connectivity index (χ0v) is 9.66. The number of piperidine rings is 1. The number of nitrogens with zero attached hydrogens (tertiary/aromatic N) is 1. The number of aliphatic hydroxyl groups is 1. The van der Waals surface area contributed by atoms with E-state index < -0.39 is 24.9 Å². The van der Waals surface area contributed by atoms with E-state index in [2.05, 4.69) is 5.32 Å². The van der Waals surface area contributed by atoms with Gasteiger partial charge in [-0.15, -0.1) is 0 Å². The summed E-state index contributed by atoms with van der Waals surface area (Å²) in [6, 6.07) is -0.723. The monoisotopic (exact) mass is 248 g/mol. The largest absolute Gasteiger partial charge is 0.394 e. The van der Waals surface area contributed by atoms with Crippen LogP contribution in [-0.2, 0) is 4.79 Å². The summed E-state index contributed by atoms with van der Waals surface area (Å²) in [5.74, 6) is -3.31. The van der Waals surface area contributed by atoms with Crippen LogP contribution in [0.5, 0.6) is 0 Å². The third kappa shape index (κ3) is 2.74. The Balaban J connectivity index is 2.02. The third-order valence-corrected chi connectivity index (χ3v) is 3.52. The highest BCUT2D eigenvalue weighted by Gasteiger charge is 2.47. The Hall–Kier alpha value is -0.750. The van der Waals surface area contributed by atoms with E-state index in [4.69, 9.17) is 5.11 Å². The number of carbonyl (C=O) groups is 1. The first kappa shape index (κ1) is 12.7. The summed E-state index contributed by atoms with van der Waals surface area (Å²) in [5, 5.41) is 12.2. The molecule has 2 fully saturated rings. The number of halogens is 2. The lowest BCUT2D eigenvalue weighted by atomic mass is 9.98. The number of hydrogen-bond donors (Lipinski definition) is 2. The topological polar surface area (TPSA) is 52.6 Å².